The summed E-state index contributed by atoms with van der Waals surface area (Å²) in [5.41, 5.74) is -0.0649. The molecule has 0 amide bonds. The monoisotopic (exact) mass is 260 g/mol. The lowest BCUT2D eigenvalue weighted by Gasteiger charge is -2.11. The molecule has 0 radical (unpaired) electrons. The third-order valence-electron chi connectivity index (χ3n) is 2.41. The summed E-state index contributed by atoms with van der Waals surface area (Å²) in [4.78, 5) is 10.6. The molecule has 0 heterocycles. The quantitative estimate of drug-likeness (QED) is 0.890. The van der Waals surface area contributed by atoms with Crippen LogP contribution in [0, 0.1) is 11.7 Å². The zero-order chi connectivity index (χ0) is 13.2. The van der Waals surface area contributed by atoms with Gasteiger partial charge in [0.1, 0.15) is 5.82 Å². The van der Waals surface area contributed by atoms with Crippen LogP contribution in [-0.2, 0) is 21.1 Å². The van der Waals surface area contributed by atoms with Crippen LogP contribution < -0.4 is 0 Å². The number of halogens is 1. The molecule has 1 unspecified atom stereocenters. The van der Waals surface area contributed by atoms with Crippen molar-refractivity contribution in [3.63, 3.8) is 0 Å². The number of benzene rings is 1. The van der Waals surface area contributed by atoms with Gasteiger partial charge >= 0.3 is 5.97 Å². The minimum Gasteiger partial charge on any atom is -0.481 e. The normalized spacial score (nSPS) is 13.4. The number of sulfone groups is 1. The Labute approximate surface area is 99.0 Å². The van der Waals surface area contributed by atoms with E-state index in [4.69, 9.17) is 5.11 Å². The van der Waals surface area contributed by atoms with Gasteiger partial charge in [0, 0.05) is 11.8 Å². The molecule has 1 atom stereocenters. The Balaban J connectivity index is 3.27. The van der Waals surface area contributed by atoms with E-state index in [-0.39, 0.29) is 16.9 Å². The number of carboxylic acid groups (broad SMARTS) is 1. The van der Waals surface area contributed by atoms with Crippen molar-refractivity contribution in [1.82, 2.24) is 0 Å². The molecule has 94 valence electrons. The van der Waals surface area contributed by atoms with E-state index in [1.165, 1.54) is 19.1 Å². The van der Waals surface area contributed by atoms with Gasteiger partial charge in [0.25, 0.3) is 0 Å². The summed E-state index contributed by atoms with van der Waals surface area (Å²) >= 11 is 0. The standard InChI is InChI=1S/C11H13FO4S/c1-7(11(13)14)6-8-9(12)4-3-5-10(8)17(2,15)16/h3-5,7H,6H2,1-2H3,(H,13,14). The molecule has 0 saturated carbocycles. The molecule has 0 aromatic heterocycles. The predicted molar refractivity (Wildman–Crippen MR) is 60.0 cm³/mol. The van der Waals surface area contributed by atoms with Gasteiger partial charge < -0.3 is 5.11 Å². The molecular weight excluding hydrogens is 247 g/mol. The molecule has 1 N–H and O–H groups in total. The highest BCUT2D eigenvalue weighted by atomic mass is 32.2. The molecule has 1 aromatic carbocycles. The molecule has 0 aliphatic heterocycles. The third kappa shape index (κ3) is 3.26. The lowest BCUT2D eigenvalue weighted by Crippen LogP contribution is -2.15. The predicted octanol–water partition coefficient (Wildman–Crippen LogP) is 1.49. The molecule has 4 nitrogen and oxygen atoms in total. The second-order valence-corrected chi connectivity index (χ2v) is 5.92. The van der Waals surface area contributed by atoms with E-state index in [1.54, 1.807) is 0 Å². The first-order valence-electron chi connectivity index (χ1n) is 4.93. The summed E-state index contributed by atoms with van der Waals surface area (Å²) in [7, 11) is -3.56. The van der Waals surface area contributed by atoms with E-state index in [0.717, 1.165) is 12.3 Å². The van der Waals surface area contributed by atoms with Crippen LogP contribution in [-0.4, -0.2) is 25.7 Å². The molecule has 0 saturated heterocycles. The van der Waals surface area contributed by atoms with Crippen LogP contribution in [0.4, 0.5) is 4.39 Å². The van der Waals surface area contributed by atoms with Crippen molar-refractivity contribution in [2.75, 3.05) is 6.26 Å². The summed E-state index contributed by atoms with van der Waals surface area (Å²) < 4.78 is 36.4. The Morgan fingerprint density at radius 3 is 2.53 bits per heavy atom. The van der Waals surface area contributed by atoms with Crippen LogP contribution in [0.15, 0.2) is 23.1 Å². The minimum atomic E-state index is -3.56. The van der Waals surface area contributed by atoms with E-state index in [2.05, 4.69) is 0 Å². The van der Waals surface area contributed by atoms with Gasteiger partial charge in [-0.25, -0.2) is 12.8 Å². The van der Waals surface area contributed by atoms with Crippen LogP contribution in [0.1, 0.15) is 12.5 Å². The van der Waals surface area contributed by atoms with Crippen molar-refractivity contribution in [3.8, 4) is 0 Å². The van der Waals surface area contributed by atoms with Gasteiger partial charge in [-0.15, -0.1) is 0 Å². The van der Waals surface area contributed by atoms with Crippen LogP contribution in [0.3, 0.4) is 0 Å². The average molecular weight is 260 g/mol. The van der Waals surface area contributed by atoms with Crippen LogP contribution >= 0.6 is 0 Å². The lowest BCUT2D eigenvalue weighted by atomic mass is 10.0. The van der Waals surface area contributed by atoms with E-state index in [9.17, 15) is 17.6 Å². The first-order chi connectivity index (χ1) is 7.73. The topological polar surface area (TPSA) is 71.4 Å². The van der Waals surface area contributed by atoms with Gasteiger partial charge in [-0.1, -0.05) is 13.0 Å². The van der Waals surface area contributed by atoms with Gasteiger partial charge in [0.15, 0.2) is 9.84 Å². The Morgan fingerprint density at radius 1 is 1.47 bits per heavy atom. The van der Waals surface area contributed by atoms with Gasteiger partial charge in [-0.3, -0.25) is 4.79 Å². The molecule has 17 heavy (non-hydrogen) atoms. The van der Waals surface area contributed by atoms with Gasteiger partial charge in [-0.2, -0.15) is 0 Å². The van der Waals surface area contributed by atoms with Crippen LogP contribution in [0.2, 0.25) is 0 Å². The highest BCUT2D eigenvalue weighted by Crippen LogP contribution is 2.22. The maximum absolute atomic E-state index is 13.5. The number of hydrogen-bond acceptors (Lipinski definition) is 3. The zero-order valence-electron chi connectivity index (χ0n) is 9.47. The number of carboxylic acids is 1. The molecule has 0 spiro atoms. The van der Waals surface area contributed by atoms with Crippen LogP contribution in [0.5, 0.6) is 0 Å². The highest BCUT2D eigenvalue weighted by molar-refractivity contribution is 7.90. The van der Waals surface area contributed by atoms with Crippen molar-refractivity contribution in [1.29, 1.82) is 0 Å². The fraction of sp³-hybridized carbons (Fsp3) is 0.364. The zero-order valence-corrected chi connectivity index (χ0v) is 10.3. The van der Waals surface area contributed by atoms with Crippen molar-refractivity contribution in [2.24, 2.45) is 5.92 Å². The first-order valence-corrected chi connectivity index (χ1v) is 6.83. The highest BCUT2D eigenvalue weighted by Gasteiger charge is 2.21. The average Bonchev–Trinajstić information content (AvgIpc) is 2.18. The minimum absolute atomic E-state index is 0.0649. The summed E-state index contributed by atoms with van der Waals surface area (Å²) in [5, 5.41) is 8.76. The molecule has 0 aliphatic rings. The van der Waals surface area contributed by atoms with E-state index in [1.807, 2.05) is 0 Å². The summed E-state index contributed by atoms with van der Waals surface area (Å²) in [6.45, 7) is 1.40. The van der Waals surface area contributed by atoms with E-state index in [0.29, 0.717) is 0 Å². The maximum atomic E-state index is 13.5. The SMILES string of the molecule is CC(Cc1c(F)cccc1S(C)(=O)=O)C(=O)O. The van der Waals surface area contributed by atoms with Gasteiger partial charge in [0.2, 0.25) is 0 Å². The van der Waals surface area contributed by atoms with Crippen molar-refractivity contribution < 1.29 is 22.7 Å². The number of hydrogen-bond donors (Lipinski definition) is 1. The number of rotatable bonds is 4. The van der Waals surface area contributed by atoms with Crippen molar-refractivity contribution in [3.05, 3.63) is 29.6 Å². The lowest BCUT2D eigenvalue weighted by molar-refractivity contribution is -0.141. The fourth-order valence-corrected chi connectivity index (χ4v) is 2.43. The summed E-state index contributed by atoms with van der Waals surface area (Å²) in [6.07, 6.45) is 0.821. The summed E-state index contributed by atoms with van der Waals surface area (Å²) in [6, 6.07) is 3.70. The molecule has 0 bridgehead atoms. The Bertz CT molecular complexity index is 536. The Hall–Kier alpha value is -1.43. The fourth-order valence-electron chi connectivity index (χ4n) is 1.48. The van der Waals surface area contributed by atoms with Crippen LogP contribution in [0.25, 0.3) is 0 Å². The second-order valence-electron chi connectivity index (χ2n) is 3.93. The number of aliphatic carboxylic acids is 1. The number of carbonyl (C=O) groups is 1. The van der Waals surface area contributed by atoms with E-state index < -0.39 is 27.5 Å². The third-order valence-corrected chi connectivity index (χ3v) is 3.59. The molecule has 1 rings (SSSR count). The maximum Gasteiger partial charge on any atom is 0.306 e. The Morgan fingerprint density at radius 2 is 2.06 bits per heavy atom. The molecule has 0 fully saturated rings. The first kappa shape index (κ1) is 13.6. The largest absolute Gasteiger partial charge is 0.481 e. The van der Waals surface area contributed by atoms with Crippen molar-refractivity contribution >= 4 is 15.8 Å². The second kappa shape index (κ2) is 4.83. The molecule has 6 heteroatoms. The van der Waals surface area contributed by atoms with E-state index >= 15 is 0 Å². The van der Waals surface area contributed by atoms with Gasteiger partial charge in [-0.05, 0) is 18.6 Å². The summed E-state index contributed by atoms with van der Waals surface area (Å²) in [5.74, 6) is -2.62. The molecule has 1 aromatic rings. The molecular formula is C11H13FO4S. The molecule has 0 aliphatic carbocycles. The Kier molecular flexibility index (Phi) is 3.87. The smallest absolute Gasteiger partial charge is 0.306 e. The van der Waals surface area contributed by atoms with Gasteiger partial charge in [0.05, 0.1) is 10.8 Å². The van der Waals surface area contributed by atoms with Crippen molar-refractivity contribution in [2.45, 2.75) is 18.2 Å².